The molecular weight excluding hydrogens is 271 g/mol. The molecule has 0 radical (unpaired) electrons. The molecule has 3 rings (SSSR count). The van der Waals surface area contributed by atoms with Crippen LogP contribution in [0.4, 0.5) is 0 Å². The molecule has 1 aliphatic carbocycles. The van der Waals surface area contributed by atoms with Crippen LogP contribution in [0.2, 0.25) is 5.02 Å². The monoisotopic (exact) mass is 286 g/mol. The van der Waals surface area contributed by atoms with E-state index in [2.05, 4.69) is 5.32 Å². The summed E-state index contributed by atoms with van der Waals surface area (Å²) >= 11 is 5.84. The first-order valence-corrected chi connectivity index (χ1v) is 6.37. The molecule has 1 saturated carbocycles. The van der Waals surface area contributed by atoms with Crippen molar-refractivity contribution < 1.29 is 4.79 Å². The minimum absolute atomic E-state index is 0. The fourth-order valence-corrected chi connectivity index (χ4v) is 2.63. The summed E-state index contributed by atoms with van der Waals surface area (Å²) in [5.41, 5.74) is 0.845. The third kappa shape index (κ3) is 2.35. The van der Waals surface area contributed by atoms with Gasteiger partial charge < -0.3 is 10.2 Å². The highest BCUT2D eigenvalue weighted by Gasteiger charge is 2.51. The van der Waals surface area contributed by atoms with Gasteiger partial charge in [0.15, 0.2) is 0 Å². The lowest BCUT2D eigenvalue weighted by atomic mass is 10.1. The number of nitrogens with zero attached hydrogens (tertiary/aromatic N) is 1. The van der Waals surface area contributed by atoms with Crippen molar-refractivity contribution in [1.82, 2.24) is 10.2 Å². The molecule has 18 heavy (non-hydrogen) atoms. The van der Waals surface area contributed by atoms with E-state index in [1.54, 1.807) is 12.1 Å². The Kier molecular flexibility index (Phi) is 3.85. The van der Waals surface area contributed by atoms with Gasteiger partial charge in [-0.15, -0.1) is 12.4 Å². The SMILES string of the molecule is Cl.O=C(c1ccc(Cl)cc1)N1CCNCC12CC2. The Bertz CT molecular complexity index is 443. The van der Waals surface area contributed by atoms with Gasteiger partial charge in [-0.1, -0.05) is 11.6 Å². The Hall–Kier alpha value is -0.770. The lowest BCUT2D eigenvalue weighted by Crippen LogP contribution is -2.55. The summed E-state index contributed by atoms with van der Waals surface area (Å²) in [6.07, 6.45) is 2.25. The lowest BCUT2D eigenvalue weighted by Gasteiger charge is -2.36. The highest BCUT2D eigenvalue weighted by molar-refractivity contribution is 6.30. The van der Waals surface area contributed by atoms with Crippen LogP contribution in [0, 0.1) is 0 Å². The number of carbonyl (C=O) groups is 1. The molecule has 2 aliphatic rings. The van der Waals surface area contributed by atoms with E-state index in [1.165, 1.54) is 0 Å². The molecule has 1 heterocycles. The van der Waals surface area contributed by atoms with E-state index in [0.717, 1.165) is 38.0 Å². The van der Waals surface area contributed by atoms with Gasteiger partial charge in [-0.2, -0.15) is 0 Å². The molecule has 5 heteroatoms. The van der Waals surface area contributed by atoms with E-state index in [-0.39, 0.29) is 23.9 Å². The number of rotatable bonds is 1. The van der Waals surface area contributed by atoms with Crippen LogP contribution in [0.3, 0.4) is 0 Å². The molecule has 1 saturated heterocycles. The van der Waals surface area contributed by atoms with Gasteiger partial charge >= 0.3 is 0 Å². The molecule has 3 nitrogen and oxygen atoms in total. The minimum Gasteiger partial charge on any atom is -0.330 e. The Morgan fingerprint density at radius 1 is 1.28 bits per heavy atom. The Labute approximate surface area is 118 Å². The van der Waals surface area contributed by atoms with Gasteiger partial charge in [-0.25, -0.2) is 0 Å². The molecule has 1 aromatic carbocycles. The number of halogens is 2. The Morgan fingerprint density at radius 2 is 1.94 bits per heavy atom. The van der Waals surface area contributed by atoms with Crippen molar-refractivity contribution in [1.29, 1.82) is 0 Å². The first kappa shape index (κ1) is 13.7. The highest BCUT2D eigenvalue weighted by atomic mass is 35.5. The quantitative estimate of drug-likeness (QED) is 0.860. The first-order valence-electron chi connectivity index (χ1n) is 6.00. The molecule has 2 fully saturated rings. The van der Waals surface area contributed by atoms with Gasteiger partial charge in [0.05, 0.1) is 5.54 Å². The predicted molar refractivity (Wildman–Crippen MR) is 74.6 cm³/mol. The summed E-state index contributed by atoms with van der Waals surface area (Å²) < 4.78 is 0. The number of piperazine rings is 1. The maximum absolute atomic E-state index is 12.4. The maximum Gasteiger partial charge on any atom is 0.254 e. The summed E-state index contributed by atoms with van der Waals surface area (Å²) in [7, 11) is 0. The third-order valence-electron chi connectivity index (χ3n) is 3.70. The largest absolute Gasteiger partial charge is 0.330 e. The number of carbonyl (C=O) groups excluding carboxylic acids is 1. The van der Waals surface area contributed by atoms with Crippen molar-refractivity contribution in [2.45, 2.75) is 18.4 Å². The molecule has 1 spiro atoms. The van der Waals surface area contributed by atoms with Crippen molar-refractivity contribution in [3.63, 3.8) is 0 Å². The molecule has 1 N–H and O–H groups in total. The predicted octanol–water partition coefficient (Wildman–Crippen LogP) is 2.34. The smallest absolute Gasteiger partial charge is 0.254 e. The fraction of sp³-hybridized carbons (Fsp3) is 0.462. The van der Waals surface area contributed by atoms with Crippen LogP contribution < -0.4 is 5.32 Å². The molecule has 98 valence electrons. The number of amides is 1. The average Bonchev–Trinajstić information content (AvgIpc) is 3.10. The standard InChI is InChI=1S/C13H15ClN2O.ClH/c14-11-3-1-10(2-4-11)12(17)16-8-7-15-9-13(16)5-6-13;/h1-4,15H,5-9H2;1H. The van der Waals surface area contributed by atoms with Crippen LogP contribution >= 0.6 is 24.0 Å². The molecule has 0 unspecified atom stereocenters. The molecule has 1 aromatic rings. The molecular formula is C13H16Cl2N2O. The third-order valence-corrected chi connectivity index (χ3v) is 3.95. The van der Waals surface area contributed by atoms with E-state index < -0.39 is 0 Å². The van der Waals surface area contributed by atoms with Crippen LogP contribution in [0.5, 0.6) is 0 Å². The van der Waals surface area contributed by atoms with Crippen LogP contribution in [-0.2, 0) is 0 Å². The normalized spacial score (nSPS) is 20.4. The lowest BCUT2D eigenvalue weighted by molar-refractivity contribution is 0.0600. The van der Waals surface area contributed by atoms with E-state index in [0.29, 0.717) is 5.02 Å². The van der Waals surface area contributed by atoms with Crippen LogP contribution in [0.1, 0.15) is 23.2 Å². The number of nitrogens with one attached hydrogen (secondary N) is 1. The second kappa shape index (κ2) is 5.08. The van der Waals surface area contributed by atoms with Gasteiger partial charge in [-0.3, -0.25) is 4.79 Å². The highest BCUT2D eigenvalue weighted by Crippen LogP contribution is 2.42. The van der Waals surface area contributed by atoms with E-state index in [1.807, 2.05) is 17.0 Å². The molecule has 0 aromatic heterocycles. The molecule has 0 bridgehead atoms. The molecule has 1 amide bonds. The van der Waals surface area contributed by atoms with Gasteiger partial charge in [0.2, 0.25) is 0 Å². The van der Waals surface area contributed by atoms with E-state index >= 15 is 0 Å². The van der Waals surface area contributed by atoms with Crippen molar-refractivity contribution >= 4 is 29.9 Å². The van der Waals surface area contributed by atoms with Crippen LogP contribution in [-0.4, -0.2) is 36.0 Å². The summed E-state index contributed by atoms with van der Waals surface area (Å²) in [5.74, 6) is 0.140. The Balaban J connectivity index is 0.00000120. The summed E-state index contributed by atoms with van der Waals surface area (Å²) in [6, 6.07) is 7.17. The summed E-state index contributed by atoms with van der Waals surface area (Å²) in [6.45, 7) is 2.63. The van der Waals surface area contributed by atoms with Crippen LogP contribution in [0.15, 0.2) is 24.3 Å². The second-order valence-corrected chi connectivity index (χ2v) is 5.30. The van der Waals surface area contributed by atoms with Gasteiger partial charge in [0, 0.05) is 30.2 Å². The van der Waals surface area contributed by atoms with Crippen molar-refractivity contribution in [3.8, 4) is 0 Å². The topological polar surface area (TPSA) is 32.3 Å². The first-order chi connectivity index (χ1) is 8.21. The van der Waals surface area contributed by atoms with E-state index in [4.69, 9.17) is 11.6 Å². The van der Waals surface area contributed by atoms with Crippen molar-refractivity contribution in [2.24, 2.45) is 0 Å². The zero-order valence-corrected chi connectivity index (χ0v) is 11.6. The molecule has 0 atom stereocenters. The fourth-order valence-electron chi connectivity index (χ4n) is 2.50. The Morgan fingerprint density at radius 3 is 2.56 bits per heavy atom. The van der Waals surface area contributed by atoms with Gasteiger partial charge in [0.25, 0.3) is 5.91 Å². The van der Waals surface area contributed by atoms with Gasteiger partial charge in [-0.05, 0) is 37.1 Å². The molecule has 1 aliphatic heterocycles. The zero-order chi connectivity index (χ0) is 11.9. The number of hydrogen-bond acceptors (Lipinski definition) is 2. The zero-order valence-electron chi connectivity index (χ0n) is 9.99. The van der Waals surface area contributed by atoms with Gasteiger partial charge in [0.1, 0.15) is 0 Å². The van der Waals surface area contributed by atoms with Crippen molar-refractivity contribution in [3.05, 3.63) is 34.9 Å². The second-order valence-electron chi connectivity index (χ2n) is 4.86. The number of benzene rings is 1. The van der Waals surface area contributed by atoms with E-state index in [9.17, 15) is 4.79 Å². The number of hydrogen-bond donors (Lipinski definition) is 1. The van der Waals surface area contributed by atoms with Crippen molar-refractivity contribution in [2.75, 3.05) is 19.6 Å². The maximum atomic E-state index is 12.4. The summed E-state index contributed by atoms with van der Waals surface area (Å²) in [4.78, 5) is 14.5. The minimum atomic E-state index is 0. The van der Waals surface area contributed by atoms with Crippen LogP contribution in [0.25, 0.3) is 0 Å². The average molecular weight is 287 g/mol. The summed E-state index contributed by atoms with van der Waals surface area (Å²) in [5, 5.41) is 4.04.